The Morgan fingerprint density at radius 1 is 1.26 bits per heavy atom. The molecule has 1 saturated heterocycles. The highest BCUT2D eigenvalue weighted by atomic mass is 32.2. The number of hydrogen-bond donors (Lipinski definition) is 2. The second-order valence-corrected chi connectivity index (χ2v) is 9.32. The van der Waals surface area contributed by atoms with Crippen LogP contribution in [0.5, 0.6) is 5.75 Å². The van der Waals surface area contributed by atoms with E-state index in [-0.39, 0.29) is 18.1 Å². The number of carbonyl (C=O) groups is 2. The van der Waals surface area contributed by atoms with Gasteiger partial charge in [0.1, 0.15) is 11.9 Å². The molecular formula is C25H26N4O4S. The standard InChI is InChI=1S/C25H26N4O4S/c1-32-18-11-20-16(4-2-6-21(20)27-13-18)5-3-9-26-12-19-14-29(25(31)33-19)17-7-8-23-22(10-17)28-24(30)15-34-23/h2,4,6-8,10-11,13,19,26H,3,5,9,12,14-15H2,1H3,(H,28,30)/t19-/m1/s1. The van der Waals surface area contributed by atoms with Gasteiger partial charge in [-0.1, -0.05) is 12.1 Å². The van der Waals surface area contributed by atoms with Crippen molar-refractivity contribution in [2.24, 2.45) is 0 Å². The molecule has 1 fully saturated rings. The van der Waals surface area contributed by atoms with Crippen molar-refractivity contribution in [3.63, 3.8) is 0 Å². The normalized spacial score (nSPS) is 17.4. The molecular weight excluding hydrogens is 452 g/mol. The van der Waals surface area contributed by atoms with E-state index in [2.05, 4.69) is 21.7 Å². The number of benzene rings is 2. The van der Waals surface area contributed by atoms with E-state index in [0.717, 1.165) is 52.3 Å². The molecule has 2 amide bonds. The highest BCUT2D eigenvalue weighted by Gasteiger charge is 2.32. The van der Waals surface area contributed by atoms with Gasteiger partial charge in [-0.05, 0) is 55.3 Å². The molecule has 9 heteroatoms. The van der Waals surface area contributed by atoms with Crippen LogP contribution in [-0.4, -0.2) is 55.6 Å². The lowest BCUT2D eigenvalue weighted by Gasteiger charge is -2.20. The number of hydrogen-bond acceptors (Lipinski definition) is 7. The Morgan fingerprint density at radius 2 is 2.18 bits per heavy atom. The number of ether oxygens (including phenoxy) is 2. The zero-order valence-corrected chi connectivity index (χ0v) is 19.7. The fraction of sp³-hybridized carbons (Fsp3) is 0.320. The molecule has 0 radical (unpaired) electrons. The van der Waals surface area contributed by atoms with Crippen LogP contribution in [0.25, 0.3) is 10.9 Å². The molecule has 0 bridgehead atoms. The van der Waals surface area contributed by atoms with E-state index < -0.39 is 0 Å². The summed E-state index contributed by atoms with van der Waals surface area (Å²) in [7, 11) is 1.65. The highest BCUT2D eigenvalue weighted by Crippen LogP contribution is 2.35. The molecule has 0 spiro atoms. The number of nitrogens with zero attached hydrogens (tertiary/aromatic N) is 2. The van der Waals surface area contributed by atoms with Crippen molar-refractivity contribution in [2.75, 3.05) is 42.7 Å². The minimum Gasteiger partial charge on any atom is -0.495 e. The SMILES string of the molecule is COc1cnc2cccc(CCCNC[C@@H]3CN(c4ccc5c(c4)NC(=O)CS5)C(=O)O3)c2c1. The average molecular weight is 479 g/mol. The number of anilines is 2. The highest BCUT2D eigenvalue weighted by molar-refractivity contribution is 8.00. The van der Waals surface area contributed by atoms with Gasteiger partial charge in [-0.3, -0.25) is 14.7 Å². The third kappa shape index (κ3) is 4.80. The third-order valence-corrected chi connectivity index (χ3v) is 7.05. The van der Waals surface area contributed by atoms with Crippen LogP contribution in [0.1, 0.15) is 12.0 Å². The smallest absolute Gasteiger partial charge is 0.414 e. The van der Waals surface area contributed by atoms with Gasteiger partial charge in [0.25, 0.3) is 0 Å². The lowest BCUT2D eigenvalue weighted by molar-refractivity contribution is -0.113. The number of amides is 2. The Kier molecular flexibility index (Phi) is 6.55. The largest absolute Gasteiger partial charge is 0.495 e. The maximum Gasteiger partial charge on any atom is 0.414 e. The van der Waals surface area contributed by atoms with Crippen molar-refractivity contribution < 1.29 is 19.1 Å². The first-order valence-electron chi connectivity index (χ1n) is 11.3. The number of methoxy groups -OCH3 is 1. The lowest BCUT2D eigenvalue weighted by Crippen LogP contribution is -2.31. The van der Waals surface area contributed by atoms with Crippen molar-refractivity contribution >= 4 is 46.0 Å². The van der Waals surface area contributed by atoms with E-state index in [1.807, 2.05) is 36.4 Å². The Bertz CT molecular complexity index is 1230. The Morgan fingerprint density at radius 3 is 3.06 bits per heavy atom. The fourth-order valence-corrected chi connectivity index (χ4v) is 5.05. The topological polar surface area (TPSA) is 92.8 Å². The number of aryl methyl sites for hydroxylation is 1. The zero-order valence-electron chi connectivity index (χ0n) is 18.9. The van der Waals surface area contributed by atoms with Crippen LogP contribution in [0, 0.1) is 0 Å². The van der Waals surface area contributed by atoms with Crippen LogP contribution in [0.15, 0.2) is 53.6 Å². The van der Waals surface area contributed by atoms with Gasteiger partial charge in [0.2, 0.25) is 5.91 Å². The molecule has 34 heavy (non-hydrogen) atoms. The predicted molar refractivity (Wildman–Crippen MR) is 133 cm³/mol. The number of rotatable bonds is 8. The van der Waals surface area contributed by atoms with Gasteiger partial charge >= 0.3 is 6.09 Å². The van der Waals surface area contributed by atoms with Crippen molar-refractivity contribution in [3.05, 3.63) is 54.2 Å². The molecule has 176 valence electrons. The van der Waals surface area contributed by atoms with E-state index >= 15 is 0 Å². The van der Waals surface area contributed by atoms with Gasteiger partial charge in [-0.15, -0.1) is 11.8 Å². The molecule has 0 aliphatic carbocycles. The molecule has 1 aromatic heterocycles. The number of pyridine rings is 1. The summed E-state index contributed by atoms with van der Waals surface area (Å²) in [6, 6.07) is 13.9. The van der Waals surface area contributed by atoms with Crippen molar-refractivity contribution in [3.8, 4) is 5.75 Å². The van der Waals surface area contributed by atoms with Gasteiger partial charge in [0, 0.05) is 22.5 Å². The first-order valence-corrected chi connectivity index (χ1v) is 12.3. The van der Waals surface area contributed by atoms with Gasteiger partial charge in [0.05, 0.1) is 36.8 Å². The third-order valence-electron chi connectivity index (χ3n) is 5.98. The summed E-state index contributed by atoms with van der Waals surface area (Å²) >= 11 is 1.50. The van der Waals surface area contributed by atoms with Gasteiger partial charge in [0.15, 0.2) is 0 Å². The number of thioether (sulfide) groups is 1. The minimum absolute atomic E-state index is 0.0281. The summed E-state index contributed by atoms with van der Waals surface area (Å²) in [5, 5.41) is 7.39. The van der Waals surface area contributed by atoms with Crippen molar-refractivity contribution in [2.45, 2.75) is 23.8 Å². The number of aromatic nitrogens is 1. The monoisotopic (exact) mass is 478 g/mol. The average Bonchev–Trinajstić information content (AvgIpc) is 3.23. The van der Waals surface area contributed by atoms with Crippen LogP contribution >= 0.6 is 11.8 Å². The number of carbonyl (C=O) groups excluding carboxylic acids is 2. The molecule has 2 aliphatic rings. The second kappa shape index (κ2) is 9.90. The predicted octanol–water partition coefficient (Wildman–Crippen LogP) is 3.84. The summed E-state index contributed by atoms with van der Waals surface area (Å²) < 4.78 is 10.9. The molecule has 2 N–H and O–H groups in total. The Balaban J connectivity index is 1.12. The van der Waals surface area contributed by atoms with Gasteiger partial charge in [-0.25, -0.2) is 4.79 Å². The molecule has 1 atom stereocenters. The molecule has 2 aromatic carbocycles. The first-order chi connectivity index (χ1) is 16.6. The van der Waals surface area contributed by atoms with Crippen LogP contribution in [-0.2, 0) is 16.0 Å². The molecule has 0 unspecified atom stereocenters. The maximum atomic E-state index is 12.4. The van der Waals surface area contributed by atoms with E-state index in [0.29, 0.717) is 18.8 Å². The zero-order chi connectivity index (χ0) is 23.5. The summed E-state index contributed by atoms with van der Waals surface area (Å²) in [6.07, 6.45) is 3.01. The van der Waals surface area contributed by atoms with E-state index in [4.69, 9.17) is 9.47 Å². The molecule has 3 heterocycles. The molecule has 5 rings (SSSR count). The Labute approximate surface area is 202 Å². The fourth-order valence-electron chi connectivity index (χ4n) is 4.27. The maximum absolute atomic E-state index is 12.4. The number of cyclic esters (lactones) is 1. The van der Waals surface area contributed by atoms with Crippen LogP contribution in [0.2, 0.25) is 0 Å². The summed E-state index contributed by atoms with van der Waals surface area (Å²) in [5.74, 6) is 1.14. The van der Waals surface area contributed by atoms with Crippen molar-refractivity contribution in [1.29, 1.82) is 0 Å². The lowest BCUT2D eigenvalue weighted by atomic mass is 10.0. The van der Waals surface area contributed by atoms with Crippen LogP contribution < -0.4 is 20.3 Å². The van der Waals surface area contributed by atoms with Crippen LogP contribution in [0.4, 0.5) is 16.2 Å². The van der Waals surface area contributed by atoms with Crippen LogP contribution in [0.3, 0.4) is 0 Å². The van der Waals surface area contributed by atoms with Crippen molar-refractivity contribution in [1.82, 2.24) is 10.3 Å². The van der Waals surface area contributed by atoms with E-state index in [1.54, 1.807) is 18.2 Å². The molecule has 3 aromatic rings. The molecule has 8 nitrogen and oxygen atoms in total. The van der Waals surface area contributed by atoms with Gasteiger partial charge < -0.3 is 20.1 Å². The van der Waals surface area contributed by atoms with E-state index in [9.17, 15) is 9.59 Å². The molecule has 0 saturated carbocycles. The number of fused-ring (bicyclic) bond motifs is 2. The second-order valence-electron chi connectivity index (χ2n) is 8.30. The van der Waals surface area contributed by atoms with E-state index in [1.165, 1.54) is 17.3 Å². The number of nitrogens with one attached hydrogen (secondary N) is 2. The quantitative estimate of drug-likeness (QED) is 0.475. The first kappa shape index (κ1) is 22.5. The summed E-state index contributed by atoms with van der Waals surface area (Å²) in [4.78, 5) is 31.2. The summed E-state index contributed by atoms with van der Waals surface area (Å²) in [6.45, 7) is 1.87. The van der Waals surface area contributed by atoms with Gasteiger partial charge in [-0.2, -0.15) is 0 Å². The molecule has 2 aliphatic heterocycles. The Hall–Kier alpha value is -3.30. The minimum atomic E-state index is -0.362. The summed E-state index contributed by atoms with van der Waals surface area (Å²) in [5.41, 5.74) is 3.68.